The lowest BCUT2D eigenvalue weighted by Gasteiger charge is -2.04. The predicted molar refractivity (Wildman–Crippen MR) is 69.6 cm³/mol. The van der Waals surface area contributed by atoms with Gasteiger partial charge in [-0.15, -0.1) is 0 Å². The number of hydrogen-bond acceptors (Lipinski definition) is 5. The Morgan fingerprint density at radius 1 is 1.53 bits per heavy atom. The number of methoxy groups -OCH3 is 1. The number of ether oxygens (including phenoxy) is 1. The van der Waals surface area contributed by atoms with Crippen LogP contribution in [0.25, 0.3) is 0 Å². The quantitative estimate of drug-likeness (QED) is 0.827. The summed E-state index contributed by atoms with van der Waals surface area (Å²) in [6.45, 7) is 0.353. The first-order valence-electron chi connectivity index (χ1n) is 5.66. The minimum atomic E-state index is -0.311. The van der Waals surface area contributed by atoms with E-state index in [1.165, 1.54) is 4.68 Å². The highest BCUT2D eigenvalue weighted by molar-refractivity contribution is 5.96. The van der Waals surface area contributed by atoms with Gasteiger partial charge < -0.3 is 15.8 Å². The molecule has 0 aromatic carbocycles. The van der Waals surface area contributed by atoms with Gasteiger partial charge >= 0.3 is 0 Å². The zero-order chi connectivity index (χ0) is 13.8. The number of nitrogen functional groups attached to an aromatic ring is 1. The van der Waals surface area contributed by atoms with E-state index in [4.69, 9.17) is 10.5 Å². The van der Waals surface area contributed by atoms with Crippen LogP contribution in [-0.4, -0.2) is 27.8 Å². The fourth-order valence-corrected chi connectivity index (χ4v) is 1.59. The number of carbonyl (C=O) groups is 1. The van der Waals surface area contributed by atoms with Crippen molar-refractivity contribution in [1.82, 2.24) is 20.1 Å². The second-order valence-corrected chi connectivity index (χ2v) is 4.00. The van der Waals surface area contributed by atoms with Gasteiger partial charge in [-0.1, -0.05) is 6.07 Å². The van der Waals surface area contributed by atoms with Crippen LogP contribution in [0.4, 0.5) is 5.69 Å². The fraction of sp³-hybridized carbons (Fsp3) is 0.250. The molecule has 0 fully saturated rings. The van der Waals surface area contributed by atoms with Crippen LogP contribution in [0, 0.1) is 0 Å². The number of nitrogens with one attached hydrogen (secondary N) is 1. The lowest BCUT2D eigenvalue weighted by molar-refractivity contribution is 0.0946. The van der Waals surface area contributed by atoms with Crippen LogP contribution in [0.3, 0.4) is 0 Å². The predicted octanol–water partition coefficient (Wildman–Crippen LogP) is 0.336. The molecule has 0 bridgehead atoms. The Kier molecular flexibility index (Phi) is 3.65. The van der Waals surface area contributed by atoms with E-state index in [0.29, 0.717) is 18.1 Å². The normalized spacial score (nSPS) is 10.2. The third-order valence-electron chi connectivity index (χ3n) is 2.53. The first-order chi connectivity index (χ1) is 9.10. The Morgan fingerprint density at radius 2 is 2.32 bits per heavy atom. The summed E-state index contributed by atoms with van der Waals surface area (Å²) in [5, 5.41) is 6.73. The highest BCUT2D eigenvalue weighted by Gasteiger charge is 2.13. The molecule has 0 saturated heterocycles. The van der Waals surface area contributed by atoms with Crippen molar-refractivity contribution in [3.63, 3.8) is 0 Å². The molecule has 0 unspecified atom stereocenters. The lowest BCUT2D eigenvalue weighted by atomic mass is 10.2. The van der Waals surface area contributed by atoms with Crippen molar-refractivity contribution in [3.05, 3.63) is 35.8 Å². The SMILES string of the molecule is COc1ccc(CNC(=O)c2nn(C)cc2N)cn1. The van der Waals surface area contributed by atoms with E-state index in [9.17, 15) is 4.79 Å². The summed E-state index contributed by atoms with van der Waals surface area (Å²) in [5.41, 5.74) is 7.12. The van der Waals surface area contributed by atoms with Crippen molar-refractivity contribution < 1.29 is 9.53 Å². The van der Waals surface area contributed by atoms with Crippen molar-refractivity contribution >= 4 is 11.6 Å². The molecule has 0 saturated carbocycles. The molecule has 0 spiro atoms. The van der Waals surface area contributed by atoms with Crippen molar-refractivity contribution in [2.75, 3.05) is 12.8 Å². The Balaban J connectivity index is 1.98. The van der Waals surface area contributed by atoms with E-state index in [1.54, 1.807) is 32.6 Å². The van der Waals surface area contributed by atoms with Gasteiger partial charge in [0.05, 0.1) is 12.8 Å². The standard InChI is InChI=1S/C12H15N5O2/c1-17-7-9(13)11(16-17)12(18)15-6-8-3-4-10(19-2)14-5-8/h3-5,7H,6,13H2,1-2H3,(H,15,18). The molecule has 0 aliphatic rings. The third-order valence-corrected chi connectivity index (χ3v) is 2.53. The van der Waals surface area contributed by atoms with Crippen LogP contribution >= 0.6 is 0 Å². The summed E-state index contributed by atoms with van der Waals surface area (Å²) in [7, 11) is 3.26. The van der Waals surface area contributed by atoms with Crippen LogP contribution in [0.15, 0.2) is 24.5 Å². The molecule has 0 radical (unpaired) electrons. The van der Waals surface area contributed by atoms with Gasteiger partial charge in [-0.3, -0.25) is 9.48 Å². The van der Waals surface area contributed by atoms with Crippen LogP contribution in [0.2, 0.25) is 0 Å². The Bertz CT molecular complexity index is 576. The molecular weight excluding hydrogens is 246 g/mol. The largest absolute Gasteiger partial charge is 0.481 e. The lowest BCUT2D eigenvalue weighted by Crippen LogP contribution is -2.24. The highest BCUT2D eigenvalue weighted by Crippen LogP contribution is 2.09. The van der Waals surface area contributed by atoms with Crippen LogP contribution < -0.4 is 15.8 Å². The molecule has 19 heavy (non-hydrogen) atoms. The smallest absolute Gasteiger partial charge is 0.274 e. The van der Waals surface area contributed by atoms with Crippen LogP contribution in [-0.2, 0) is 13.6 Å². The third kappa shape index (κ3) is 3.01. The molecule has 0 aliphatic heterocycles. The molecule has 0 atom stereocenters. The molecule has 1 amide bonds. The maximum absolute atomic E-state index is 11.9. The molecular formula is C12H15N5O2. The van der Waals surface area contributed by atoms with Gasteiger partial charge in [-0.25, -0.2) is 4.98 Å². The fourth-order valence-electron chi connectivity index (χ4n) is 1.59. The number of pyridine rings is 1. The van der Waals surface area contributed by atoms with Gasteiger partial charge in [-0.2, -0.15) is 5.10 Å². The average molecular weight is 261 g/mol. The number of nitrogens with zero attached hydrogens (tertiary/aromatic N) is 3. The van der Waals surface area contributed by atoms with E-state index in [0.717, 1.165) is 5.56 Å². The van der Waals surface area contributed by atoms with Crippen LogP contribution in [0.1, 0.15) is 16.1 Å². The number of carbonyl (C=O) groups excluding carboxylic acids is 1. The number of anilines is 1. The molecule has 2 heterocycles. The number of aromatic nitrogens is 3. The van der Waals surface area contributed by atoms with Crippen molar-refractivity contribution in [3.8, 4) is 5.88 Å². The summed E-state index contributed by atoms with van der Waals surface area (Å²) in [4.78, 5) is 15.9. The summed E-state index contributed by atoms with van der Waals surface area (Å²) in [6.07, 6.45) is 3.23. The average Bonchev–Trinajstić information content (AvgIpc) is 2.75. The Hall–Kier alpha value is -2.57. The van der Waals surface area contributed by atoms with Gasteiger partial charge in [0.15, 0.2) is 5.69 Å². The number of nitrogens with two attached hydrogens (primary N) is 1. The minimum Gasteiger partial charge on any atom is -0.481 e. The molecule has 3 N–H and O–H groups in total. The van der Waals surface area contributed by atoms with E-state index in [2.05, 4.69) is 15.4 Å². The molecule has 7 heteroatoms. The van der Waals surface area contributed by atoms with E-state index >= 15 is 0 Å². The van der Waals surface area contributed by atoms with E-state index in [1.807, 2.05) is 6.07 Å². The van der Waals surface area contributed by atoms with Gasteiger partial charge in [0, 0.05) is 32.1 Å². The van der Waals surface area contributed by atoms with E-state index < -0.39 is 0 Å². The monoisotopic (exact) mass is 261 g/mol. The molecule has 2 rings (SSSR count). The first-order valence-corrected chi connectivity index (χ1v) is 5.66. The zero-order valence-electron chi connectivity index (χ0n) is 10.8. The highest BCUT2D eigenvalue weighted by atomic mass is 16.5. The van der Waals surface area contributed by atoms with E-state index in [-0.39, 0.29) is 11.6 Å². The number of aryl methyl sites for hydroxylation is 1. The topological polar surface area (TPSA) is 95.1 Å². The maximum Gasteiger partial charge on any atom is 0.274 e. The van der Waals surface area contributed by atoms with Gasteiger partial charge in [0.25, 0.3) is 5.91 Å². The Morgan fingerprint density at radius 3 is 2.84 bits per heavy atom. The number of amides is 1. The number of hydrogen-bond donors (Lipinski definition) is 2. The van der Waals surface area contributed by atoms with Crippen molar-refractivity contribution in [1.29, 1.82) is 0 Å². The molecule has 100 valence electrons. The summed E-state index contributed by atoms with van der Waals surface area (Å²) in [5.74, 6) is 0.220. The summed E-state index contributed by atoms with van der Waals surface area (Å²) in [6, 6.07) is 3.56. The zero-order valence-corrected chi connectivity index (χ0v) is 10.8. The second-order valence-electron chi connectivity index (χ2n) is 4.00. The van der Waals surface area contributed by atoms with Crippen LogP contribution in [0.5, 0.6) is 5.88 Å². The van der Waals surface area contributed by atoms with Gasteiger partial charge in [-0.05, 0) is 5.56 Å². The Labute approximate surface area is 110 Å². The van der Waals surface area contributed by atoms with Crippen molar-refractivity contribution in [2.24, 2.45) is 7.05 Å². The maximum atomic E-state index is 11.9. The van der Waals surface area contributed by atoms with Crippen molar-refractivity contribution in [2.45, 2.75) is 6.54 Å². The first kappa shape index (κ1) is 12.9. The summed E-state index contributed by atoms with van der Waals surface area (Å²) < 4.78 is 6.45. The molecule has 0 aliphatic carbocycles. The molecule has 2 aromatic heterocycles. The second kappa shape index (κ2) is 5.38. The minimum absolute atomic E-state index is 0.226. The molecule has 7 nitrogen and oxygen atoms in total. The summed E-state index contributed by atoms with van der Waals surface area (Å²) >= 11 is 0. The van der Waals surface area contributed by atoms with Gasteiger partial charge in [0.1, 0.15) is 0 Å². The number of rotatable bonds is 4. The molecule has 2 aromatic rings. The van der Waals surface area contributed by atoms with Gasteiger partial charge in [0.2, 0.25) is 5.88 Å².